The van der Waals surface area contributed by atoms with E-state index in [2.05, 4.69) is 89.3 Å². The Labute approximate surface area is 133 Å². The van der Waals surface area contributed by atoms with Crippen LogP contribution in [0, 0.1) is 3.57 Å². The van der Waals surface area contributed by atoms with Crippen molar-refractivity contribution in [3.8, 4) is 0 Å². The lowest BCUT2D eigenvalue weighted by Gasteiger charge is -2.13. The standard InChI is InChI=1S/C18H16IN/c19-17-7-3-6-16(12-17)18(20)11-13-8-9-14-4-1-2-5-15(14)10-13/h1-10,12,18H,11,20H2. The van der Waals surface area contributed by atoms with Gasteiger partial charge in [-0.2, -0.15) is 0 Å². The van der Waals surface area contributed by atoms with Crippen molar-refractivity contribution in [3.63, 3.8) is 0 Å². The molecule has 0 saturated heterocycles. The van der Waals surface area contributed by atoms with Crippen LogP contribution in [-0.4, -0.2) is 0 Å². The Morgan fingerprint density at radius 3 is 2.45 bits per heavy atom. The van der Waals surface area contributed by atoms with Crippen LogP contribution >= 0.6 is 22.6 Å². The van der Waals surface area contributed by atoms with Crippen molar-refractivity contribution in [3.05, 3.63) is 81.4 Å². The fourth-order valence-electron chi connectivity index (χ4n) is 2.47. The molecule has 3 aromatic carbocycles. The molecule has 0 bridgehead atoms. The summed E-state index contributed by atoms with van der Waals surface area (Å²) in [6, 6.07) is 23.5. The molecule has 2 heteroatoms. The predicted molar refractivity (Wildman–Crippen MR) is 93.7 cm³/mol. The lowest BCUT2D eigenvalue weighted by Crippen LogP contribution is -2.13. The van der Waals surface area contributed by atoms with Crippen LogP contribution in [0.2, 0.25) is 0 Å². The Morgan fingerprint density at radius 2 is 1.65 bits per heavy atom. The molecule has 0 aliphatic rings. The van der Waals surface area contributed by atoms with E-state index in [-0.39, 0.29) is 6.04 Å². The molecule has 0 aliphatic carbocycles. The van der Waals surface area contributed by atoms with Crippen molar-refractivity contribution in [2.75, 3.05) is 0 Å². The monoisotopic (exact) mass is 373 g/mol. The molecule has 3 rings (SSSR count). The van der Waals surface area contributed by atoms with Gasteiger partial charge in [-0.15, -0.1) is 0 Å². The third-order valence-electron chi connectivity index (χ3n) is 3.55. The van der Waals surface area contributed by atoms with E-state index in [1.54, 1.807) is 0 Å². The first-order chi connectivity index (χ1) is 9.72. The van der Waals surface area contributed by atoms with Gasteiger partial charge in [0, 0.05) is 9.61 Å². The quantitative estimate of drug-likeness (QED) is 0.663. The number of nitrogens with two attached hydrogens (primary N) is 1. The predicted octanol–water partition coefficient (Wildman–Crippen LogP) is 4.69. The van der Waals surface area contributed by atoms with Crippen LogP contribution in [0.3, 0.4) is 0 Å². The zero-order valence-electron chi connectivity index (χ0n) is 11.1. The molecule has 0 aliphatic heterocycles. The number of hydrogen-bond donors (Lipinski definition) is 1. The molecular formula is C18H16IN. The normalized spacial score (nSPS) is 12.5. The van der Waals surface area contributed by atoms with E-state index in [0.717, 1.165) is 6.42 Å². The van der Waals surface area contributed by atoms with Gasteiger partial charge in [0.15, 0.2) is 0 Å². The van der Waals surface area contributed by atoms with Crippen molar-refractivity contribution >= 4 is 33.4 Å². The van der Waals surface area contributed by atoms with Gasteiger partial charge in [-0.05, 0) is 63.0 Å². The number of benzene rings is 3. The summed E-state index contributed by atoms with van der Waals surface area (Å²) in [5.74, 6) is 0. The average molecular weight is 373 g/mol. The van der Waals surface area contributed by atoms with Gasteiger partial charge in [-0.3, -0.25) is 0 Å². The smallest absolute Gasteiger partial charge is 0.0336 e. The van der Waals surface area contributed by atoms with Crippen LogP contribution in [0.5, 0.6) is 0 Å². The number of halogens is 1. The molecule has 0 aromatic heterocycles. The molecule has 0 fully saturated rings. The van der Waals surface area contributed by atoms with Crippen LogP contribution < -0.4 is 5.73 Å². The lowest BCUT2D eigenvalue weighted by atomic mass is 9.98. The molecule has 0 saturated carbocycles. The van der Waals surface area contributed by atoms with E-state index in [9.17, 15) is 0 Å². The van der Waals surface area contributed by atoms with Gasteiger partial charge in [-0.25, -0.2) is 0 Å². The first-order valence-corrected chi connectivity index (χ1v) is 7.79. The van der Waals surface area contributed by atoms with Gasteiger partial charge in [0.2, 0.25) is 0 Å². The van der Waals surface area contributed by atoms with E-state index in [0.29, 0.717) is 0 Å². The molecule has 0 heterocycles. The molecule has 100 valence electrons. The maximum atomic E-state index is 6.34. The molecule has 20 heavy (non-hydrogen) atoms. The van der Waals surface area contributed by atoms with Gasteiger partial charge in [-0.1, -0.05) is 54.6 Å². The van der Waals surface area contributed by atoms with Crippen LogP contribution in [0.25, 0.3) is 10.8 Å². The molecule has 1 atom stereocenters. The van der Waals surface area contributed by atoms with Crippen molar-refractivity contribution in [2.24, 2.45) is 5.73 Å². The molecule has 1 unspecified atom stereocenters. The minimum absolute atomic E-state index is 0.0471. The van der Waals surface area contributed by atoms with Crippen LogP contribution in [0.15, 0.2) is 66.7 Å². The minimum Gasteiger partial charge on any atom is -0.324 e. The summed E-state index contributed by atoms with van der Waals surface area (Å²) in [4.78, 5) is 0. The second kappa shape index (κ2) is 5.94. The molecular weight excluding hydrogens is 357 g/mol. The highest BCUT2D eigenvalue weighted by Gasteiger charge is 2.08. The zero-order valence-corrected chi connectivity index (χ0v) is 13.2. The van der Waals surface area contributed by atoms with Crippen LogP contribution in [-0.2, 0) is 6.42 Å². The van der Waals surface area contributed by atoms with Crippen LogP contribution in [0.4, 0.5) is 0 Å². The van der Waals surface area contributed by atoms with Gasteiger partial charge in [0.25, 0.3) is 0 Å². The fraction of sp³-hybridized carbons (Fsp3) is 0.111. The summed E-state index contributed by atoms with van der Waals surface area (Å²) < 4.78 is 1.23. The van der Waals surface area contributed by atoms with Crippen molar-refractivity contribution < 1.29 is 0 Å². The topological polar surface area (TPSA) is 26.0 Å². The lowest BCUT2D eigenvalue weighted by molar-refractivity contribution is 0.722. The van der Waals surface area contributed by atoms with Gasteiger partial charge < -0.3 is 5.73 Å². The van der Waals surface area contributed by atoms with E-state index < -0.39 is 0 Å². The minimum atomic E-state index is 0.0471. The molecule has 2 N–H and O–H groups in total. The highest BCUT2D eigenvalue weighted by molar-refractivity contribution is 14.1. The van der Waals surface area contributed by atoms with Crippen molar-refractivity contribution in [2.45, 2.75) is 12.5 Å². The number of fused-ring (bicyclic) bond motifs is 1. The molecule has 0 radical (unpaired) electrons. The first-order valence-electron chi connectivity index (χ1n) is 6.71. The second-order valence-electron chi connectivity index (χ2n) is 5.05. The summed E-state index contributed by atoms with van der Waals surface area (Å²) in [5, 5.41) is 2.55. The van der Waals surface area contributed by atoms with Crippen molar-refractivity contribution in [1.82, 2.24) is 0 Å². The zero-order chi connectivity index (χ0) is 13.9. The SMILES string of the molecule is NC(Cc1ccc2ccccc2c1)c1cccc(I)c1. The van der Waals surface area contributed by atoms with E-state index in [1.807, 2.05) is 0 Å². The Balaban J connectivity index is 1.85. The van der Waals surface area contributed by atoms with E-state index >= 15 is 0 Å². The highest BCUT2D eigenvalue weighted by atomic mass is 127. The van der Waals surface area contributed by atoms with Crippen molar-refractivity contribution in [1.29, 1.82) is 0 Å². The third kappa shape index (κ3) is 3.02. The van der Waals surface area contributed by atoms with Crippen LogP contribution in [0.1, 0.15) is 17.2 Å². The molecule has 0 spiro atoms. The summed E-state index contributed by atoms with van der Waals surface area (Å²) >= 11 is 2.33. The van der Waals surface area contributed by atoms with E-state index in [1.165, 1.54) is 25.5 Å². The second-order valence-corrected chi connectivity index (χ2v) is 6.29. The first kappa shape index (κ1) is 13.6. The van der Waals surface area contributed by atoms with Gasteiger partial charge in [0.1, 0.15) is 0 Å². The fourth-order valence-corrected chi connectivity index (χ4v) is 3.04. The van der Waals surface area contributed by atoms with Gasteiger partial charge in [0.05, 0.1) is 0 Å². The molecule has 1 nitrogen and oxygen atoms in total. The summed E-state index contributed by atoms with van der Waals surface area (Å²) in [7, 11) is 0. The Kier molecular flexibility index (Phi) is 4.03. The summed E-state index contributed by atoms with van der Waals surface area (Å²) in [6.45, 7) is 0. The number of hydrogen-bond acceptors (Lipinski definition) is 1. The summed E-state index contributed by atoms with van der Waals surface area (Å²) in [6.07, 6.45) is 0.866. The molecule has 3 aromatic rings. The Hall–Kier alpha value is -1.39. The third-order valence-corrected chi connectivity index (χ3v) is 4.22. The highest BCUT2D eigenvalue weighted by Crippen LogP contribution is 2.21. The largest absolute Gasteiger partial charge is 0.324 e. The Morgan fingerprint density at radius 1 is 0.850 bits per heavy atom. The molecule has 0 amide bonds. The maximum Gasteiger partial charge on any atom is 0.0336 e. The maximum absolute atomic E-state index is 6.34. The Bertz CT molecular complexity index is 736. The number of rotatable bonds is 3. The van der Waals surface area contributed by atoms with Gasteiger partial charge >= 0.3 is 0 Å². The van der Waals surface area contributed by atoms with E-state index in [4.69, 9.17) is 5.73 Å². The summed E-state index contributed by atoms with van der Waals surface area (Å²) in [5.41, 5.74) is 8.82. The average Bonchev–Trinajstić information content (AvgIpc) is 2.47.